The predicted molar refractivity (Wildman–Crippen MR) is 121 cm³/mol. The number of nitrogens with one attached hydrogen (secondary N) is 1. The Kier molecular flexibility index (Phi) is 5.10. The first-order chi connectivity index (χ1) is 14.9. The van der Waals surface area contributed by atoms with Crippen LogP contribution in [0.5, 0.6) is 0 Å². The van der Waals surface area contributed by atoms with Crippen molar-refractivity contribution in [2.24, 2.45) is 5.92 Å². The van der Waals surface area contributed by atoms with Gasteiger partial charge in [0.25, 0.3) is 5.91 Å². The summed E-state index contributed by atoms with van der Waals surface area (Å²) in [6.07, 6.45) is 3.51. The zero-order valence-corrected chi connectivity index (χ0v) is 18.3. The van der Waals surface area contributed by atoms with Crippen molar-refractivity contribution in [3.63, 3.8) is 0 Å². The van der Waals surface area contributed by atoms with E-state index in [0.717, 1.165) is 54.6 Å². The van der Waals surface area contributed by atoms with Gasteiger partial charge in [0.1, 0.15) is 5.58 Å². The van der Waals surface area contributed by atoms with Gasteiger partial charge < -0.3 is 14.6 Å². The highest BCUT2D eigenvalue weighted by Gasteiger charge is 2.35. The molecule has 6 nitrogen and oxygen atoms in total. The quantitative estimate of drug-likeness (QED) is 0.660. The second kappa shape index (κ2) is 7.80. The van der Waals surface area contributed by atoms with Gasteiger partial charge in [0, 0.05) is 29.8 Å². The number of furan rings is 1. The minimum absolute atomic E-state index is 0.0117. The van der Waals surface area contributed by atoms with Crippen LogP contribution in [0.15, 0.2) is 52.9 Å². The van der Waals surface area contributed by atoms with Crippen molar-refractivity contribution < 1.29 is 17.6 Å². The monoisotopic (exact) mass is 438 g/mol. The second-order valence-electron chi connectivity index (χ2n) is 8.82. The SMILES string of the molecule is CS(=O)(=O)Cc1cccc(-c2cccc3cc(C(=O)N[C@H]4CN5CCC4CC5)oc23)c1. The summed E-state index contributed by atoms with van der Waals surface area (Å²) in [5, 5.41) is 4.03. The van der Waals surface area contributed by atoms with Crippen LogP contribution in [-0.2, 0) is 15.6 Å². The summed E-state index contributed by atoms with van der Waals surface area (Å²) in [5.41, 5.74) is 3.07. The van der Waals surface area contributed by atoms with Crippen LogP contribution in [0.25, 0.3) is 22.1 Å². The van der Waals surface area contributed by atoms with Gasteiger partial charge in [-0.25, -0.2) is 8.42 Å². The van der Waals surface area contributed by atoms with Gasteiger partial charge in [-0.1, -0.05) is 36.4 Å². The molecule has 0 aliphatic carbocycles. The highest BCUT2D eigenvalue weighted by atomic mass is 32.2. The van der Waals surface area contributed by atoms with Gasteiger partial charge in [0.2, 0.25) is 0 Å². The van der Waals surface area contributed by atoms with Gasteiger partial charge >= 0.3 is 0 Å². The average molecular weight is 439 g/mol. The van der Waals surface area contributed by atoms with Crippen molar-refractivity contribution in [1.29, 1.82) is 0 Å². The van der Waals surface area contributed by atoms with Crippen LogP contribution in [-0.4, -0.2) is 51.2 Å². The molecule has 2 aromatic carbocycles. The fraction of sp³-hybridized carbons (Fsp3) is 0.375. The van der Waals surface area contributed by atoms with E-state index < -0.39 is 9.84 Å². The molecule has 6 rings (SSSR count). The molecule has 1 atom stereocenters. The fourth-order valence-corrected chi connectivity index (χ4v) is 5.69. The molecule has 1 N–H and O–H groups in total. The number of fused-ring (bicyclic) bond motifs is 4. The number of para-hydroxylation sites is 1. The molecule has 3 aliphatic rings. The van der Waals surface area contributed by atoms with E-state index in [2.05, 4.69) is 10.2 Å². The van der Waals surface area contributed by atoms with E-state index in [4.69, 9.17) is 4.42 Å². The average Bonchev–Trinajstić information content (AvgIpc) is 3.18. The summed E-state index contributed by atoms with van der Waals surface area (Å²) in [6.45, 7) is 3.17. The van der Waals surface area contributed by atoms with Crippen molar-refractivity contribution in [3.05, 3.63) is 59.9 Å². The van der Waals surface area contributed by atoms with Crippen LogP contribution in [0.3, 0.4) is 0 Å². The first-order valence-electron chi connectivity index (χ1n) is 10.7. The Morgan fingerprint density at radius 2 is 1.90 bits per heavy atom. The number of piperidine rings is 3. The molecule has 1 aromatic heterocycles. The molecule has 0 saturated carbocycles. The zero-order chi connectivity index (χ0) is 21.6. The van der Waals surface area contributed by atoms with E-state index in [9.17, 15) is 13.2 Å². The van der Waals surface area contributed by atoms with E-state index in [-0.39, 0.29) is 17.7 Å². The van der Waals surface area contributed by atoms with Gasteiger partial charge in [-0.3, -0.25) is 4.79 Å². The zero-order valence-electron chi connectivity index (χ0n) is 17.5. The standard InChI is InChI=1S/C24H26N2O4S/c1-31(28,29)15-16-4-2-5-18(12-16)20-7-3-6-19-13-22(30-23(19)20)24(27)25-21-14-26-10-8-17(21)9-11-26/h2-7,12-13,17,21H,8-11,14-15H2,1H3,(H,25,27)/t21-/m0/s1. The number of amides is 1. The number of carbonyl (C=O) groups is 1. The maximum absolute atomic E-state index is 12.9. The highest BCUT2D eigenvalue weighted by Crippen LogP contribution is 2.32. The topological polar surface area (TPSA) is 79.6 Å². The molecule has 0 spiro atoms. The van der Waals surface area contributed by atoms with E-state index >= 15 is 0 Å². The first-order valence-corrected chi connectivity index (χ1v) is 12.7. The number of nitrogens with zero attached hydrogens (tertiary/aromatic N) is 1. The molecule has 162 valence electrons. The lowest BCUT2D eigenvalue weighted by atomic mass is 9.84. The number of hydrogen-bond acceptors (Lipinski definition) is 5. The molecule has 7 heteroatoms. The number of benzene rings is 2. The summed E-state index contributed by atoms with van der Waals surface area (Å²) < 4.78 is 29.4. The van der Waals surface area contributed by atoms with Crippen LogP contribution < -0.4 is 5.32 Å². The molecule has 4 heterocycles. The number of carbonyl (C=O) groups excluding carboxylic acids is 1. The summed E-state index contributed by atoms with van der Waals surface area (Å²) in [4.78, 5) is 15.3. The normalized spacial score (nSPS) is 23.2. The van der Waals surface area contributed by atoms with Gasteiger partial charge in [-0.05, 0) is 55.1 Å². The second-order valence-corrected chi connectivity index (χ2v) is 11.0. The van der Waals surface area contributed by atoms with Gasteiger partial charge in [0.15, 0.2) is 15.6 Å². The van der Waals surface area contributed by atoms with Crippen molar-refractivity contribution in [3.8, 4) is 11.1 Å². The van der Waals surface area contributed by atoms with E-state index in [0.29, 0.717) is 17.3 Å². The molecule has 2 bridgehead atoms. The lowest BCUT2D eigenvalue weighted by Crippen LogP contribution is -2.57. The first kappa shape index (κ1) is 20.3. The third-order valence-corrected chi connectivity index (χ3v) is 7.27. The van der Waals surface area contributed by atoms with Crippen LogP contribution in [0.4, 0.5) is 0 Å². The lowest BCUT2D eigenvalue weighted by Gasteiger charge is -2.44. The Hall–Kier alpha value is -2.64. The Balaban J connectivity index is 1.43. The Bertz CT molecular complexity index is 1240. The van der Waals surface area contributed by atoms with Gasteiger partial charge in [-0.15, -0.1) is 0 Å². The maximum Gasteiger partial charge on any atom is 0.287 e. The third kappa shape index (κ3) is 4.25. The van der Waals surface area contributed by atoms with Crippen molar-refractivity contribution >= 4 is 26.7 Å². The molecule has 31 heavy (non-hydrogen) atoms. The molecule has 0 radical (unpaired) electrons. The molecule has 1 amide bonds. The van der Waals surface area contributed by atoms with E-state index in [1.54, 1.807) is 12.1 Å². The van der Waals surface area contributed by atoms with Crippen LogP contribution in [0, 0.1) is 5.92 Å². The summed E-state index contributed by atoms with van der Waals surface area (Å²) in [6, 6.07) is 15.2. The Morgan fingerprint density at radius 1 is 1.13 bits per heavy atom. The fourth-order valence-electron chi connectivity index (χ4n) is 4.90. The lowest BCUT2D eigenvalue weighted by molar-refractivity contribution is 0.0607. The number of sulfone groups is 1. The third-order valence-electron chi connectivity index (χ3n) is 6.41. The summed E-state index contributed by atoms with van der Waals surface area (Å²) >= 11 is 0. The minimum Gasteiger partial charge on any atom is -0.450 e. The predicted octanol–water partition coefficient (Wildman–Crippen LogP) is 3.47. The number of rotatable bonds is 5. The largest absolute Gasteiger partial charge is 0.450 e. The van der Waals surface area contributed by atoms with E-state index in [1.165, 1.54) is 6.26 Å². The highest BCUT2D eigenvalue weighted by molar-refractivity contribution is 7.89. The minimum atomic E-state index is -3.12. The maximum atomic E-state index is 12.9. The van der Waals surface area contributed by atoms with Crippen LogP contribution >= 0.6 is 0 Å². The van der Waals surface area contributed by atoms with Gasteiger partial charge in [0.05, 0.1) is 5.75 Å². The van der Waals surface area contributed by atoms with Crippen LogP contribution in [0.1, 0.15) is 29.0 Å². The van der Waals surface area contributed by atoms with Crippen LogP contribution in [0.2, 0.25) is 0 Å². The number of hydrogen-bond donors (Lipinski definition) is 1. The van der Waals surface area contributed by atoms with Crippen molar-refractivity contribution in [2.45, 2.75) is 24.6 Å². The Labute approximate surface area is 182 Å². The molecule has 0 unspecified atom stereocenters. The Morgan fingerprint density at radius 3 is 2.61 bits per heavy atom. The molecular formula is C24H26N2O4S. The molecule has 3 aromatic rings. The van der Waals surface area contributed by atoms with Crippen molar-refractivity contribution in [2.75, 3.05) is 25.9 Å². The summed E-state index contributed by atoms with van der Waals surface area (Å²) in [7, 11) is -3.12. The van der Waals surface area contributed by atoms with Crippen molar-refractivity contribution in [1.82, 2.24) is 10.2 Å². The molecule has 3 fully saturated rings. The molecular weight excluding hydrogens is 412 g/mol. The summed E-state index contributed by atoms with van der Waals surface area (Å²) in [5.74, 6) is 0.673. The molecule has 3 saturated heterocycles. The smallest absolute Gasteiger partial charge is 0.287 e. The molecule has 3 aliphatic heterocycles. The van der Waals surface area contributed by atoms with E-state index in [1.807, 2.05) is 36.4 Å². The van der Waals surface area contributed by atoms with Gasteiger partial charge in [-0.2, -0.15) is 0 Å².